The predicted molar refractivity (Wildman–Crippen MR) is 73.2 cm³/mol. The zero-order valence-electron chi connectivity index (χ0n) is 11.7. The zero-order chi connectivity index (χ0) is 15.1. The first-order valence-electron chi connectivity index (χ1n) is 6.61. The van der Waals surface area contributed by atoms with Gasteiger partial charge in [0.25, 0.3) is 0 Å². The molecule has 0 spiro atoms. The Bertz CT molecular complexity index is 397. The van der Waals surface area contributed by atoms with Crippen LogP contribution in [0.3, 0.4) is 0 Å². The van der Waals surface area contributed by atoms with Gasteiger partial charge in [-0.25, -0.2) is 4.79 Å². The molecule has 20 heavy (non-hydrogen) atoms. The third-order valence-corrected chi connectivity index (χ3v) is 3.24. The highest BCUT2D eigenvalue weighted by Gasteiger charge is 2.34. The number of carboxylic acids is 1. The molecular weight excluding hydrogens is 262 g/mol. The quantitative estimate of drug-likeness (QED) is 0.709. The number of rotatable bonds is 5. The number of nitrogens with one attached hydrogen (secondary N) is 1. The summed E-state index contributed by atoms with van der Waals surface area (Å²) in [5.41, 5.74) is 0. The Hall–Kier alpha value is -2.05. The van der Waals surface area contributed by atoms with Crippen molar-refractivity contribution < 1.29 is 19.5 Å². The fourth-order valence-corrected chi connectivity index (χ4v) is 2.31. The van der Waals surface area contributed by atoms with Crippen molar-refractivity contribution in [3.05, 3.63) is 12.7 Å². The van der Waals surface area contributed by atoms with Crippen LogP contribution in [0.4, 0.5) is 4.79 Å². The highest BCUT2D eigenvalue weighted by molar-refractivity contribution is 5.88. The molecule has 1 rings (SSSR count). The molecule has 1 saturated heterocycles. The average Bonchev–Trinajstić information content (AvgIpc) is 2.44. The Balaban J connectivity index is 2.85. The number of carboxylic acid groups (broad SMARTS) is 1. The van der Waals surface area contributed by atoms with E-state index < -0.39 is 24.6 Å². The topological polar surface area (TPSA) is 90.0 Å². The Morgan fingerprint density at radius 1 is 1.45 bits per heavy atom. The van der Waals surface area contributed by atoms with Crippen LogP contribution in [0.15, 0.2) is 12.7 Å². The van der Waals surface area contributed by atoms with Crippen LogP contribution < -0.4 is 5.32 Å². The van der Waals surface area contributed by atoms with E-state index in [1.54, 1.807) is 0 Å². The van der Waals surface area contributed by atoms with Gasteiger partial charge in [-0.1, -0.05) is 6.08 Å². The summed E-state index contributed by atoms with van der Waals surface area (Å²) in [6, 6.07) is -0.956. The molecule has 0 bridgehead atoms. The summed E-state index contributed by atoms with van der Waals surface area (Å²) in [7, 11) is 1.53. The minimum atomic E-state index is -1.09. The van der Waals surface area contributed by atoms with Gasteiger partial charge in [-0.2, -0.15) is 0 Å². The monoisotopic (exact) mass is 283 g/mol. The van der Waals surface area contributed by atoms with Crippen LogP contribution >= 0.6 is 0 Å². The average molecular weight is 283 g/mol. The first kappa shape index (κ1) is 16.0. The minimum Gasteiger partial charge on any atom is -0.480 e. The van der Waals surface area contributed by atoms with Crippen molar-refractivity contribution in [1.29, 1.82) is 0 Å². The van der Waals surface area contributed by atoms with E-state index in [0.717, 1.165) is 12.8 Å². The van der Waals surface area contributed by atoms with E-state index in [1.807, 2.05) is 0 Å². The molecule has 0 aromatic rings. The minimum absolute atomic E-state index is 0.141. The summed E-state index contributed by atoms with van der Waals surface area (Å²) in [6.07, 6.45) is 3.76. The number of likely N-dealkylation sites (tertiary alicyclic amines) is 1. The number of aliphatic carboxylic acids is 1. The van der Waals surface area contributed by atoms with Crippen LogP contribution in [0, 0.1) is 0 Å². The summed E-state index contributed by atoms with van der Waals surface area (Å²) >= 11 is 0. The zero-order valence-corrected chi connectivity index (χ0v) is 11.7. The number of hydrogen-bond donors (Lipinski definition) is 2. The van der Waals surface area contributed by atoms with Gasteiger partial charge in [-0.05, 0) is 19.3 Å². The van der Waals surface area contributed by atoms with Crippen molar-refractivity contribution in [2.24, 2.45) is 0 Å². The van der Waals surface area contributed by atoms with E-state index in [9.17, 15) is 14.4 Å². The molecule has 0 radical (unpaired) electrons. The van der Waals surface area contributed by atoms with Gasteiger partial charge < -0.3 is 20.2 Å². The van der Waals surface area contributed by atoms with Crippen molar-refractivity contribution >= 4 is 17.9 Å². The van der Waals surface area contributed by atoms with E-state index >= 15 is 0 Å². The van der Waals surface area contributed by atoms with Crippen LogP contribution in [-0.4, -0.2) is 65.5 Å². The molecule has 1 heterocycles. The smallest absolute Gasteiger partial charge is 0.323 e. The standard InChI is InChI=1S/C13H21N3O4/c1-3-7-15(9-11(17)18)13(20)16-8-5-4-6-10(16)12(19)14-2/h3,10H,1,4-9H2,2H3,(H,14,19)(H,17,18). The maximum absolute atomic E-state index is 12.4. The summed E-state index contributed by atoms with van der Waals surface area (Å²) in [6.45, 7) is 3.72. The molecular formula is C13H21N3O4. The third kappa shape index (κ3) is 3.97. The lowest BCUT2D eigenvalue weighted by atomic mass is 10.0. The van der Waals surface area contributed by atoms with Gasteiger partial charge in [-0.3, -0.25) is 9.59 Å². The second-order valence-electron chi connectivity index (χ2n) is 4.66. The highest BCUT2D eigenvalue weighted by atomic mass is 16.4. The maximum atomic E-state index is 12.4. The highest BCUT2D eigenvalue weighted by Crippen LogP contribution is 2.19. The van der Waals surface area contributed by atoms with Gasteiger partial charge in [0.1, 0.15) is 12.6 Å². The molecule has 3 amide bonds. The van der Waals surface area contributed by atoms with Gasteiger partial charge >= 0.3 is 12.0 Å². The molecule has 1 aliphatic heterocycles. The number of amides is 3. The van der Waals surface area contributed by atoms with Gasteiger partial charge in [0, 0.05) is 20.1 Å². The van der Waals surface area contributed by atoms with E-state index in [1.165, 1.54) is 22.9 Å². The second-order valence-corrected chi connectivity index (χ2v) is 4.66. The fourth-order valence-electron chi connectivity index (χ4n) is 2.31. The van der Waals surface area contributed by atoms with Crippen molar-refractivity contribution in [2.45, 2.75) is 25.3 Å². The van der Waals surface area contributed by atoms with Gasteiger partial charge in [0.15, 0.2) is 0 Å². The first-order valence-corrected chi connectivity index (χ1v) is 6.61. The van der Waals surface area contributed by atoms with Crippen molar-refractivity contribution in [3.63, 3.8) is 0 Å². The molecule has 0 aromatic heterocycles. The molecule has 112 valence electrons. The van der Waals surface area contributed by atoms with Crippen LogP contribution in [-0.2, 0) is 9.59 Å². The van der Waals surface area contributed by atoms with E-state index in [2.05, 4.69) is 11.9 Å². The van der Waals surface area contributed by atoms with Gasteiger partial charge in [0.05, 0.1) is 0 Å². The number of carbonyl (C=O) groups is 3. The maximum Gasteiger partial charge on any atom is 0.323 e. The molecule has 2 N–H and O–H groups in total. The molecule has 0 aliphatic carbocycles. The van der Waals surface area contributed by atoms with E-state index in [0.29, 0.717) is 13.0 Å². The summed E-state index contributed by atoms with van der Waals surface area (Å²) in [4.78, 5) is 37.7. The number of carbonyl (C=O) groups excluding carboxylic acids is 2. The Morgan fingerprint density at radius 3 is 2.70 bits per heavy atom. The van der Waals surface area contributed by atoms with Crippen LogP contribution in [0.2, 0.25) is 0 Å². The molecule has 0 saturated carbocycles. The van der Waals surface area contributed by atoms with Crippen LogP contribution in [0.5, 0.6) is 0 Å². The predicted octanol–water partition coefficient (Wildman–Crippen LogP) is 0.280. The number of piperidine rings is 1. The van der Waals surface area contributed by atoms with E-state index in [-0.39, 0.29) is 12.5 Å². The fraction of sp³-hybridized carbons (Fsp3) is 0.615. The SMILES string of the molecule is C=CCN(CC(=O)O)C(=O)N1CCCCC1C(=O)NC. The molecule has 7 heteroatoms. The van der Waals surface area contributed by atoms with Crippen molar-refractivity contribution in [1.82, 2.24) is 15.1 Å². The third-order valence-electron chi connectivity index (χ3n) is 3.24. The number of nitrogens with zero attached hydrogens (tertiary/aromatic N) is 2. The van der Waals surface area contributed by atoms with Gasteiger partial charge in [-0.15, -0.1) is 6.58 Å². The van der Waals surface area contributed by atoms with Crippen LogP contribution in [0.1, 0.15) is 19.3 Å². The largest absolute Gasteiger partial charge is 0.480 e. The molecule has 1 atom stereocenters. The summed E-state index contributed by atoms with van der Waals surface area (Å²) in [5.74, 6) is -1.30. The lowest BCUT2D eigenvalue weighted by Crippen LogP contribution is -2.56. The molecule has 1 aliphatic rings. The lowest BCUT2D eigenvalue weighted by molar-refractivity contribution is -0.137. The normalized spacial score (nSPS) is 18.2. The van der Waals surface area contributed by atoms with Crippen molar-refractivity contribution in [2.75, 3.05) is 26.7 Å². The van der Waals surface area contributed by atoms with Crippen molar-refractivity contribution in [3.8, 4) is 0 Å². The van der Waals surface area contributed by atoms with E-state index in [4.69, 9.17) is 5.11 Å². The lowest BCUT2D eigenvalue weighted by Gasteiger charge is -2.37. The Labute approximate surface area is 118 Å². The Kier molecular flexibility index (Phi) is 6.02. The molecule has 1 fully saturated rings. The molecule has 7 nitrogen and oxygen atoms in total. The summed E-state index contributed by atoms with van der Waals surface area (Å²) < 4.78 is 0. The first-order chi connectivity index (χ1) is 9.51. The molecule has 0 aromatic carbocycles. The number of likely N-dealkylation sites (N-methyl/N-ethyl adjacent to an activating group) is 1. The number of urea groups is 1. The number of hydrogen-bond acceptors (Lipinski definition) is 3. The van der Waals surface area contributed by atoms with Crippen LogP contribution in [0.25, 0.3) is 0 Å². The Morgan fingerprint density at radius 2 is 2.15 bits per heavy atom. The molecule has 1 unspecified atom stereocenters. The van der Waals surface area contributed by atoms with Gasteiger partial charge in [0.2, 0.25) is 5.91 Å². The second kappa shape index (κ2) is 7.52. The summed E-state index contributed by atoms with van der Waals surface area (Å²) in [5, 5.41) is 11.4.